The predicted octanol–water partition coefficient (Wildman–Crippen LogP) is 1.87. The van der Waals surface area contributed by atoms with Crippen LogP contribution in [0, 0.1) is 0 Å². The van der Waals surface area contributed by atoms with Crippen molar-refractivity contribution >= 4 is 23.3 Å². The smallest absolute Gasteiger partial charge is 0.253 e. The summed E-state index contributed by atoms with van der Waals surface area (Å²) in [5.41, 5.74) is 11.7. The highest BCUT2D eigenvalue weighted by molar-refractivity contribution is 7.99. The van der Waals surface area contributed by atoms with E-state index < -0.39 is 0 Å². The van der Waals surface area contributed by atoms with Gasteiger partial charge in [0, 0.05) is 22.7 Å². The lowest BCUT2D eigenvalue weighted by atomic mass is 10.3. The first-order chi connectivity index (χ1) is 9.42. The van der Waals surface area contributed by atoms with Crippen LogP contribution in [0.3, 0.4) is 0 Å². The molecule has 1 aromatic carbocycles. The van der Waals surface area contributed by atoms with E-state index in [9.17, 15) is 4.79 Å². The van der Waals surface area contributed by atoms with Crippen molar-refractivity contribution in [3.05, 3.63) is 34.6 Å². The zero-order valence-electron chi connectivity index (χ0n) is 11.2. The van der Waals surface area contributed by atoms with Crippen molar-refractivity contribution < 1.29 is 4.74 Å². The Morgan fingerprint density at radius 1 is 1.25 bits per heavy atom. The molecule has 0 bridgehead atoms. The molecular weight excluding hydrogens is 276 g/mol. The Balaban J connectivity index is 2.28. The van der Waals surface area contributed by atoms with Gasteiger partial charge in [-0.25, -0.2) is 4.98 Å². The third-order valence-electron chi connectivity index (χ3n) is 2.23. The van der Waals surface area contributed by atoms with Crippen molar-refractivity contribution in [2.45, 2.75) is 30.0 Å². The molecule has 2 aromatic rings. The fourth-order valence-corrected chi connectivity index (χ4v) is 2.50. The van der Waals surface area contributed by atoms with Crippen LogP contribution in [-0.2, 0) is 0 Å². The number of H-pyrrole nitrogens is 1. The molecule has 106 valence electrons. The van der Waals surface area contributed by atoms with Crippen LogP contribution in [0.15, 0.2) is 39.1 Å². The quantitative estimate of drug-likeness (QED) is 0.586. The Morgan fingerprint density at radius 2 is 2.00 bits per heavy atom. The van der Waals surface area contributed by atoms with Crippen molar-refractivity contribution in [2.75, 3.05) is 11.5 Å². The van der Waals surface area contributed by atoms with E-state index in [1.54, 1.807) is 12.1 Å². The van der Waals surface area contributed by atoms with Gasteiger partial charge in [-0.2, -0.15) is 0 Å². The van der Waals surface area contributed by atoms with E-state index in [0.717, 1.165) is 4.90 Å². The van der Waals surface area contributed by atoms with Crippen molar-refractivity contribution in [1.29, 1.82) is 0 Å². The highest BCUT2D eigenvalue weighted by Gasteiger charge is 2.06. The van der Waals surface area contributed by atoms with E-state index in [2.05, 4.69) is 9.97 Å². The number of nitrogens with two attached hydrogens (primary N) is 2. The second-order valence-electron chi connectivity index (χ2n) is 4.48. The van der Waals surface area contributed by atoms with E-state index in [1.165, 1.54) is 17.8 Å². The van der Waals surface area contributed by atoms with Crippen molar-refractivity contribution in [1.82, 2.24) is 9.97 Å². The summed E-state index contributed by atoms with van der Waals surface area (Å²) in [5, 5.41) is 0.413. The molecule has 7 heteroatoms. The Morgan fingerprint density at radius 3 is 2.65 bits per heavy atom. The molecule has 1 aromatic heterocycles. The molecule has 0 saturated heterocycles. The third-order valence-corrected chi connectivity index (χ3v) is 3.09. The molecule has 0 amide bonds. The number of aromatic nitrogens is 2. The highest BCUT2D eigenvalue weighted by atomic mass is 32.2. The fraction of sp³-hybridized carbons (Fsp3) is 0.231. The average Bonchev–Trinajstić information content (AvgIpc) is 2.24. The molecule has 6 nitrogen and oxygen atoms in total. The molecule has 0 aliphatic heterocycles. The van der Waals surface area contributed by atoms with Gasteiger partial charge in [0.1, 0.15) is 11.6 Å². The normalized spacial score (nSPS) is 10.8. The summed E-state index contributed by atoms with van der Waals surface area (Å²) in [6.45, 7) is 3.87. The van der Waals surface area contributed by atoms with E-state index in [1.807, 2.05) is 19.9 Å². The maximum Gasteiger partial charge on any atom is 0.253 e. The zero-order chi connectivity index (χ0) is 14.7. The highest BCUT2D eigenvalue weighted by Crippen LogP contribution is 2.30. The maximum atomic E-state index is 11.3. The van der Waals surface area contributed by atoms with Gasteiger partial charge in [-0.05, 0) is 26.0 Å². The molecule has 0 aliphatic rings. The summed E-state index contributed by atoms with van der Waals surface area (Å²) >= 11 is 1.26. The lowest BCUT2D eigenvalue weighted by molar-refractivity contribution is 0.242. The Hall–Kier alpha value is -2.15. The van der Waals surface area contributed by atoms with Crippen LogP contribution in [0.4, 0.5) is 11.5 Å². The topological polar surface area (TPSA) is 107 Å². The van der Waals surface area contributed by atoms with Gasteiger partial charge in [0.25, 0.3) is 5.56 Å². The second-order valence-corrected chi connectivity index (χ2v) is 5.54. The Bertz CT molecular complexity index is 670. The van der Waals surface area contributed by atoms with Crippen molar-refractivity contribution in [2.24, 2.45) is 0 Å². The Kier molecular flexibility index (Phi) is 4.19. The number of nitrogens with one attached hydrogen (secondary N) is 1. The molecular formula is C13H16N4O2S. The first-order valence-corrected chi connectivity index (χ1v) is 6.86. The lowest BCUT2D eigenvalue weighted by Crippen LogP contribution is -2.09. The van der Waals surface area contributed by atoms with Crippen LogP contribution in [0.5, 0.6) is 5.75 Å². The standard InChI is InChI=1S/C13H16N4O2S/c1-7(2)19-9-3-8(14)4-10(5-9)20-13-16-11(15)6-12(18)17-13/h3-7H,14H2,1-2H3,(H3,15,16,17,18). The van der Waals surface area contributed by atoms with E-state index in [0.29, 0.717) is 16.6 Å². The third kappa shape index (κ3) is 3.92. The van der Waals surface area contributed by atoms with Gasteiger partial charge in [0.2, 0.25) is 0 Å². The molecule has 0 fully saturated rings. The van der Waals surface area contributed by atoms with Gasteiger partial charge in [0.15, 0.2) is 5.16 Å². The molecule has 20 heavy (non-hydrogen) atoms. The minimum Gasteiger partial charge on any atom is -0.491 e. The zero-order valence-corrected chi connectivity index (χ0v) is 12.0. The molecule has 1 heterocycles. The number of nitrogen functional groups attached to an aromatic ring is 2. The maximum absolute atomic E-state index is 11.3. The summed E-state index contributed by atoms with van der Waals surface area (Å²) in [5.74, 6) is 0.854. The summed E-state index contributed by atoms with van der Waals surface area (Å²) < 4.78 is 5.61. The van der Waals surface area contributed by atoms with Gasteiger partial charge in [-0.3, -0.25) is 4.79 Å². The first kappa shape index (κ1) is 14.3. The first-order valence-electron chi connectivity index (χ1n) is 6.04. The molecule has 0 radical (unpaired) electrons. The van der Waals surface area contributed by atoms with Crippen molar-refractivity contribution in [3.8, 4) is 5.75 Å². The van der Waals surface area contributed by atoms with Crippen LogP contribution in [0.2, 0.25) is 0 Å². The monoisotopic (exact) mass is 292 g/mol. The van der Waals surface area contributed by atoms with E-state index in [-0.39, 0.29) is 17.5 Å². The summed E-state index contributed by atoms with van der Waals surface area (Å²) in [4.78, 5) is 18.8. The molecule has 5 N–H and O–H groups in total. The predicted molar refractivity (Wildman–Crippen MR) is 80.0 cm³/mol. The molecule has 0 aliphatic carbocycles. The minimum absolute atomic E-state index is 0.0555. The number of hydrogen-bond acceptors (Lipinski definition) is 6. The van der Waals surface area contributed by atoms with E-state index in [4.69, 9.17) is 16.2 Å². The largest absolute Gasteiger partial charge is 0.491 e. The van der Waals surface area contributed by atoms with Gasteiger partial charge >= 0.3 is 0 Å². The lowest BCUT2D eigenvalue weighted by Gasteiger charge is -2.11. The average molecular weight is 292 g/mol. The molecule has 0 spiro atoms. The number of anilines is 2. The van der Waals surface area contributed by atoms with Gasteiger partial charge in [-0.1, -0.05) is 11.8 Å². The fourth-order valence-electron chi connectivity index (χ4n) is 1.61. The molecule has 0 unspecified atom stereocenters. The summed E-state index contributed by atoms with van der Waals surface area (Å²) in [6, 6.07) is 6.60. The number of ether oxygens (including phenoxy) is 1. The number of aromatic amines is 1. The summed E-state index contributed by atoms with van der Waals surface area (Å²) in [7, 11) is 0. The number of rotatable bonds is 4. The molecule has 0 atom stereocenters. The SMILES string of the molecule is CC(C)Oc1cc(N)cc(Sc2nc(N)cc(=O)[nH]2)c1. The minimum atomic E-state index is -0.289. The van der Waals surface area contributed by atoms with Crippen LogP contribution >= 0.6 is 11.8 Å². The van der Waals surface area contributed by atoms with Gasteiger partial charge < -0.3 is 21.2 Å². The van der Waals surface area contributed by atoms with Crippen molar-refractivity contribution in [3.63, 3.8) is 0 Å². The van der Waals surface area contributed by atoms with Gasteiger partial charge in [0.05, 0.1) is 6.10 Å². The summed E-state index contributed by atoms with van der Waals surface area (Å²) in [6.07, 6.45) is 0.0555. The van der Waals surface area contributed by atoms with Crippen LogP contribution < -0.4 is 21.8 Å². The van der Waals surface area contributed by atoms with Gasteiger partial charge in [-0.15, -0.1) is 0 Å². The number of hydrogen-bond donors (Lipinski definition) is 3. The van der Waals surface area contributed by atoms with Crippen LogP contribution in [0.25, 0.3) is 0 Å². The number of nitrogens with zero attached hydrogens (tertiary/aromatic N) is 1. The second kappa shape index (κ2) is 5.87. The molecule has 2 rings (SSSR count). The van der Waals surface area contributed by atoms with Crippen LogP contribution in [-0.4, -0.2) is 16.1 Å². The number of benzene rings is 1. The van der Waals surface area contributed by atoms with Crippen LogP contribution in [0.1, 0.15) is 13.8 Å². The Labute approximate surface area is 120 Å². The molecule has 0 saturated carbocycles. The van der Waals surface area contributed by atoms with E-state index >= 15 is 0 Å².